The topological polar surface area (TPSA) is 72.5 Å². The monoisotopic (exact) mass is 361 g/mol. The highest BCUT2D eigenvalue weighted by molar-refractivity contribution is 7.09. The Labute approximate surface area is 151 Å². The number of carbonyl (C=O) groups excluding carboxylic acids is 1. The molecule has 1 aliphatic rings. The highest BCUT2D eigenvalue weighted by Crippen LogP contribution is 2.26. The highest BCUT2D eigenvalue weighted by Gasteiger charge is 2.21. The Bertz CT molecular complexity index is 726. The molecule has 2 heterocycles. The Morgan fingerprint density at radius 1 is 1.40 bits per heavy atom. The van der Waals surface area contributed by atoms with Crippen molar-refractivity contribution in [3.63, 3.8) is 0 Å². The molecule has 0 spiro atoms. The summed E-state index contributed by atoms with van der Waals surface area (Å²) in [6.07, 6.45) is 2.91. The van der Waals surface area contributed by atoms with Gasteiger partial charge in [0.05, 0.1) is 20.3 Å². The van der Waals surface area contributed by atoms with E-state index in [0.717, 1.165) is 41.5 Å². The standard InChI is InChI=1S/C18H23N3O3S/c1-23-13-5-6-16(24-2)12(10-13)7-9-20-17(22)15-11-25-18(21-15)14-4-3-8-19-14/h5-6,10-11,14,19H,3-4,7-9H2,1-2H3,(H,20,22). The largest absolute Gasteiger partial charge is 0.497 e. The molecule has 7 heteroatoms. The van der Waals surface area contributed by atoms with Crippen molar-refractivity contribution in [2.24, 2.45) is 0 Å². The van der Waals surface area contributed by atoms with Gasteiger partial charge >= 0.3 is 0 Å². The Kier molecular flexibility index (Phi) is 5.88. The molecule has 1 saturated heterocycles. The van der Waals surface area contributed by atoms with Crippen LogP contribution < -0.4 is 20.1 Å². The molecule has 6 nitrogen and oxygen atoms in total. The fraction of sp³-hybridized carbons (Fsp3) is 0.444. The van der Waals surface area contributed by atoms with Crippen LogP contribution in [0.3, 0.4) is 0 Å². The van der Waals surface area contributed by atoms with Crippen molar-refractivity contribution in [3.05, 3.63) is 39.8 Å². The van der Waals surface area contributed by atoms with Crippen LogP contribution in [0.1, 0.15) is 39.9 Å². The van der Waals surface area contributed by atoms with Crippen LogP contribution in [-0.4, -0.2) is 38.2 Å². The number of rotatable bonds is 7. The van der Waals surface area contributed by atoms with E-state index in [1.165, 1.54) is 0 Å². The number of nitrogens with one attached hydrogen (secondary N) is 2. The summed E-state index contributed by atoms with van der Waals surface area (Å²) in [6, 6.07) is 5.96. The molecular formula is C18H23N3O3S. The SMILES string of the molecule is COc1ccc(OC)c(CCNC(=O)c2csc(C3CCCN3)n2)c1. The molecule has 1 amide bonds. The van der Waals surface area contributed by atoms with Crippen molar-refractivity contribution in [2.45, 2.75) is 25.3 Å². The van der Waals surface area contributed by atoms with Gasteiger partial charge in [-0.2, -0.15) is 0 Å². The number of ether oxygens (including phenoxy) is 2. The van der Waals surface area contributed by atoms with E-state index in [4.69, 9.17) is 9.47 Å². The summed E-state index contributed by atoms with van der Waals surface area (Å²) in [4.78, 5) is 16.8. The van der Waals surface area contributed by atoms with Gasteiger partial charge in [0.1, 0.15) is 22.2 Å². The third kappa shape index (κ3) is 4.29. The Balaban J connectivity index is 1.56. The molecule has 1 fully saturated rings. The molecule has 3 rings (SSSR count). The zero-order valence-corrected chi connectivity index (χ0v) is 15.3. The molecule has 25 heavy (non-hydrogen) atoms. The molecule has 1 aromatic carbocycles. The van der Waals surface area contributed by atoms with Gasteiger partial charge < -0.3 is 20.1 Å². The van der Waals surface area contributed by atoms with E-state index < -0.39 is 0 Å². The fourth-order valence-electron chi connectivity index (χ4n) is 2.93. The third-order valence-electron chi connectivity index (χ3n) is 4.28. The number of aromatic nitrogens is 1. The lowest BCUT2D eigenvalue weighted by molar-refractivity contribution is 0.0949. The molecule has 0 aliphatic carbocycles. The van der Waals surface area contributed by atoms with Crippen molar-refractivity contribution in [2.75, 3.05) is 27.3 Å². The van der Waals surface area contributed by atoms with Crippen LogP contribution in [0.25, 0.3) is 0 Å². The van der Waals surface area contributed by atoms with Crippen molar-refractivity contribution >= 4 is 17.2 Å². The van der Waals surface area contributed by atoms with Crippen LogP contribution in [0, 0.1) is 0 Å². The van der Waals surface area contributed by atoms with Gasteiger partial charge in [-0.05, 0) is 49.6 Å². The van der Waals surface area contributed by atoms with Gasteiger partial charge in [-0.25, -0.2) is 4.98 Å². The molecule has 134 valence electrons. The summed E-state index contributed by atoms with van der Waals surface area (Å²) in [5.41, 5.74) is 1.49. The maximum Gasteiger partial charge on any atom is 0.270 e. The molecule has 2 N–H and O–H groups in total. The smallest absolute Gasteiger partial charge is 0.270 e. The summed E-state index contributed by atoms with van der Waals surface area (Å²) in [5, 5.41) is 9.16. The van der Waals surface area contributed by atoms with E-state index in [2.05, 4.69) is 15.6 Å². The van der Waals surface area contributed by atoms with E-state index in [-0.39, 0.29) is 5.91 Å². The zero-order valence-electron chi connectivity index (χ0n) is 14.5. The van der Waals surface area contributed by atoms with Gasteiger partial charge in [-0.1, -0.05) is 0 Å². The second-order valence-corrected chi connectivity index (χ2v) is 6.79. The molecule has 1 aliphatic heterocycles. The minimum Gasteiger partial charge on any atom is -0.497 e. The number of thiazole rings is 1. The first kappa shape index (κ1) is 17.7. The number of amides is 1. The van der Waals surface area contributed by atoms with Crippen LogP contribution in [-0.2, 0) is 6.42 Å². The molecule has 1 unspecified atom stereocenters. The van der Waals surface area contributed by atoms with Crippen LogP contribution in [0.5, 0.6) is 11.5 Å². The van der Waals surface area contributed by atoms with E-state index in [0.29, 0.717) is 24.7 Å². The normalized spacial score (nSPS) is 16.6. The van der Waals surface area contributed by atoms with Gasteiger partial charge in [0.2, 0.25) is 0 Å². The van der Waals surface area contributed by atoms with Crippen LogP contribution in [0.2, 0.25) is 0 Å². The predicted molar refractivity (Wildman–Crippen MR) is 97.7 cm³/mol. The molecule has 1 atom stereocenters. The Hall–Kier alpha value is -2.12. The predicted octanol–water partition coefficient (Wildman–Crippen LogP) is 2.56. The molecular weight excluding hydrogens is 338 g/mol. The summed E-state index contributed by atoms with van der Waals surface area (Å²) in [7, 11) is 3.27. The summed E-state index contributed by atoms with van der Waals surface area (Å²) >= 11 is 1.55. The zero-order chi connectivity index (χ0) is 17.6. The number of nitrogens with zero attached hydrogens (tertiary/aromatic N) is 1. The molecule has 0 saturated carbocycles. The quantitative estimate of drug-likeness (QED) is 0.793. The van der Waals surface area contributed by atoms with Gasteiger partial charge in [0.25, 0.3) is 5.91 Å². The average molecular weight is 361 g/mol. The lowest BCUT2D eigenvalue weighted by Gasteiger charge is -2.10. The summed E-state index contributed by atoms with van der Waals surface area (Å²) < 4.78 is 10.6. The van der Waals surface area contributed by atoms with Crippen molar-refractivity contribution in [3.8, 4) is 11.5 Å². The van der Waals surface area contributed by atoms with Crippen molar-refractivity contribution in [1.29, 1.82) is 0 Å². The average Bonchev–Trinajstić information content (AvgIpc) is 3.32. The minimum atomic E-state index is -0.137. The van der Waals surface area contributed by atoms with Gasteiger partial charge in [0.15, 0.2) is 0 Å². The number of benzene rings is 1. The third-order valence-corrected chi connectivity index (χ3v) is 5.24. The van der Waals surface area contributed by atoms with Crippen LogP contribution in [0.4, 0.5) is 0 Å². The fourth-order valence-corrected chi connectivity index (χ4v) is 3.83. The minimum absolute atomic E-state index is 0.137. The summed E-state index contributed by atoms with van der Waals surface area (Å²) in [5.74, 6) is 1.43. The van der Waals surface area contributed by atoms with E-state index in [1.54, 1.807) is 25.6 Å². The second-order valence-electron chi connectivity index (χ2n) is 5.90. The number of hydrogen-bond donors (Lipinski definition) is 2. The molecule has 0 radical (unpaired) electrons. The Morgan fingerprint density at radius 2 is 2.28 bits per heavy atom. The summed E-state index contributed by atoms with van der Waals surface area (Å²) in [6.45, 7) is 1.53. The lowest BCUT2D eigenvalue weighted by Crippen LogP contribution is -2.26. The van der Waals surface area contributed by atoms with Crippen LogP contribution in [0.15, 0.2) is 23.6 Å². The van der Waals surface area contributed by atoms with E-state index >= 15 is 0 Å². The van der Waals surface area contributed by atoms with Gasteiger partial charge in [-0.3, -0.25) is 4.79 Å². The van der Waals surface area contributed by atoms with Gasteiger partial charge in [-0.15, -0.1) is 11.3 Å². The van der Waals surface area contributed by atoms with Gasteiger partial charge in [0, 0.05) is 11.9 Å². The number of hydrogen-bond acceptors (Lipinski definition) is 6. The molecule has 0 bridgehead atoms. The van der Waals surface area contributed by atoms with E-state index in [9.17, 15) is 4.79 Å². The maximum absolute atomic E-state index is 12.3. The number of carbonyl (C=O) groups is 1. The first-order chi connectivity index (χ1) is 12.2. The lowest BCUT2D eigenvalue weighted by atomic mass is 10.1. The first-order valence-corrected chi connectivity index (χ1v) is 9.27. The van der Waals surface area contributed by atoms with Crippen molar-refractivity contribution in [1.82, 2.24) is 15.6 Å². The second kappa shape index (κ2) is 8.31. The Morgan fingerprint density at radius 3 is 3.00 bits per heavy atom. The van der Waals surface area contributed by atoms with E-state index in [1.807, 2.05) is 23.6 Å². The molecule has 2 aromatic rings. The van der Waals surface area contributed by atoms with Crippen molar-refractivity contribution < 1.29 is 14.3 Å². The first-order valence-electron chi connectivity index (χ1n) is 8.39. The highest BCUT2D eigenvalue weighted by atomic mass is 32.1. The van der Waals surface area contributed by atoms with Crippen LogP contribution >= 0.6 is 11.3 Å². The number of methoxy groups -OCH3 is 2. The maximum atomic E-state index is 12.3. The molecule has 1 aromatic heterocycles.